The molecule has 0 aromatic heterocycles. The molecule has 1 amide bonds. The molecule has 0 atom stereocenters. The summed E-state index contributed by atoms with van der Waals surface area (Å²) >= 11 is 0. The van der Waals surface area contributed by atoms with Gasteiger partial charge in [0.15, 0.2) is 0 Å². The highest BCUT2D eigenvalue weighted by atomic mass is 16.5. The summed E-state index contributed by atoms with van der Waals surface area (Å²) in [6, 6.07) is 7.48. The van der Waals surface area contributed by atoms with Crippen LogP contribution in [0.5, 0.6) is 0 Å². The molecule has 0 bridgehead atoms. The molecule has 3 rings (SSSR count). The van der Waals surface area contributed by atoms with Gasteiger partial charge in [-0.25, -0.2) is 0 Å². The first-order valence-corrected chi connectivity index (χ1v) is 10.7. The minimum absolute atomic E-state index is 0.0407. The third-order valence-corrected chi connectivity index (χ3v) is 5.04. The van der Waals surface area contributed by atoms with Gasteiger partial charge in [-0.15, -0.1) is 0 Å². The van der Waals surface area contributed by atoms with Crippen molar-refractivity contribution in [1.82, 2.24) is 10.2 Å². The van der Waals surface area contributed by atoms with E-state index >= 15 is 0 Å². The molecule has 7 heteroatoms. The number of hydrogen-bond donors (Lipinski definition) is 4. The zero-order valence-electron chi connectivity index (χ0n) is 17.7. The summed E-state index contributed by atoms with van der Waals surface area (Å²) in [6.45, 7) is 7.57. The van der Waals surface area contributed by atoms with Crippen LogP contribution in [0.1, 0.15) is 45.1 Å². The van der Waals surface area contributed by atoms with Gasteiger partial charge in [0, 0.05) is 44.6 Å². The molecule has 1 aliphatic heterocycles. The zero-order valence-corrected chi connectivity index (χ0v) is 17.7. The lowest BCUT2D eigenvalue weighted by molar-refractivity contribution is -0.117. The number of nitrogens with one attached hydrogen (secondary N) is 3. The second-order valence-corrected chi connectivity index (χ2v) is 6.98. The summed E-state index contributed by atoms with van der Waals surface area (Å²) in [4.78, 5) is 15.1. The van der Waals surface area contributed by atoms with Crippen molar-refractivity contribution in [2.75, 3.05) is 31.5 Å². The highest BCUT2D eigenvalue weighted by molar-refractivity contribution is 6.05. The maximum Gasteiger partial charge on any atom is 0.293 e. The number of hydrogen-bond acceptors (Lipinski definition) is 6. The first-order valence-electron chi connectivity index (χ1n) is 10.7. The van der Waals surface area contributed by atoms with Gasteiger partial charge < -0.3 is 31.4 Å². The number of benzene rings is 1. The lowest BCUT2D eigenvalue weighted by atomic mass is 10.2. The molecule has 0 spiro atoms. The van der Waals surface area contributed by atoms with Gasteiger partial charge in [0.25, 0.3) is 5.91 Å². The molecular formula is C22H35N5O2. The van der Waals surface area contributed by atoms with E-state index in [1.165, 1.54) is 6.21 Å². The van der Waals surface area contributed by atoms with Crippen molar-refractivity contribution in [3.63, 3.8) is 0 Å². The third-order valence-electron chi connectivity index (χ3n) is 5.04. The fourth-order valence-corrected chi connectivity index (χ4v) is 3.57. The summed E-state index contributed by atoms with van der Waals surface area (Å²) in [5.41, 5.74) is 7.88. The molecule has 0 radical (unpaired) electrons. The van der Waals surface area contributed by atoms with Crippen molar-refractivity contribution in [1.29, 1.82) is 5.41 Å². The quantitative estimate of drug-likeness (QED) is 0.320. The Labute approximate surface area is 174 Å². The van der Waals surface area contributed by atoms with Crippen molar-refractivity contribution < 1.29 is 9.53 Å². The average molecular weight is 402 g/mol. The normalized spacial score (nSPS) is 17.7. The van der Waals surface area contributed by atoms with Gasteiger partial charge in [0.1, 0.15) is 5.70 Å². The summed E-state index contributed by atoms with van der Waals surface area (Å²) in [5.74, 6) is -0.0648. The van der Waals surface area contributed by atoms with Crippen LogP contribution < -0.4 is 16.4 Å². The van der Waals surface area contributed by atoms with Crippen LogP contribution >= 0.6 is 0 Å². The molecule has 1 heterocycles. The van der Waals surface area contributed by atoms with E-state index in [1.807, 2.05) is 43.0 Å². The molecule has 160 valence electrons. The number of amides is 1. The second-order valence-electron chi connectivity index (χ2n) is 6.98. The molecule has 7 nitrogen and oxygen atoms in total. The smallest absolute Gasteiger partial charge is 0.293 e. The minimum atomic E-state index is -0.312. The van der Waals surface area contributed by atoms with Crippen molar-refractivity contribution in [3.05, 3.63) is 41.3 Å². The molecule has 1 aromatic carbocycles. The fraction of sp³-hybridized carbons (Fsp3) is 0.545. The molecule has 2 fully saturated rings. The fourth-order valence-electron chi connectivity index (χ4n) is 3.57. The first-order chi connectivity index (χ1) is 14.2. The van der Waals surface area contributed by atoms with Crippen LogP contribution in [0.15, 0.2) is 35.7 Å². The van der Waals surface area contributed by atoms with E-state index < -0.39 is 0 Å². The average Bonchev–Trinajstić information content (AvgIpc) is 3.29. The van der Waals surface area contributed by atoms with Crippen molar-refractivity contribution >= 4 is 17.8 Å². The Hall–Kier alpha value is -2.38. The van der Waals surface area contributed by atoms with E-state index in [4.69, 9.17) is 15.9 Å². The van der Waals surface area contributed by atoms with Gasteiger partial charge in [-0.1, -0.05) is 26.0 Å². The van der Waals surface area contributed by atoms with Gasteiger partial charge in [-0.05, 0) is 43.4 Å². The Morgan fingerprint density at radius 1 is 1.31 bits per heavy atom. The number of anilines is 1. The van der Waals surface area contributed by atoms with Crippen LogP contribution in [0.4, 0.5) is 5.69 Å². The Kier molecular flexibility index (Phi) is 9.67. The van der Waals surface area contributed by atoms with Gasteiger partial charge in [0.05, 0.1) is 6.10 Å². The van der Waals surface area contributed by atoms with E-state index in [2.05, 4.69) is 10.6 Å². The Balaban J connectivity index is 0.00000145. The van der Waals surface area contributed by atoms with Crippen LogP contribution in [0.25, 0.3) is 0 Å². The van der Waals surface area contributed by atoms with Gasteiger partial charge in [-0.2, -0.15) is 0 Å². The largest absolute Gasteiger partial charge is 0.483 e. The molecule has 2 aliphatic rings. The number of rotatable bonds is 7. The number of nitrogens with two attached hydrogens (primary N) is 1. The predicted molar refractivity (Wildman–Crippen MR) is 118 cm³/mol. The Morgan fingerprint density at radius 2 is 2.00 bits per heavy atom. The molecule has 1 aliphatic carbocycles. The van der Waals surface area contributed by atoms with Crippen molar-refractivity contribution in [3.8, 4) is 0 Å². The number of ether oxygens (including phenoxy) is 1. The number of nitrogens with zero attached hydrogens (tertiary/aromatic N) is 1. The van der Waals surface area contributed by atoms with Crippen LogP contribution in [0.3, 0.4) is 0 Å². The molecule has 29 heavy (non-hydrogen) atoms. The monoisotopic (exact) mass is 401 g/mol. The standard InChI is InChI=1S/C20H29N5O2.C2H6/c21-13-15-4-3-5-16(12-15)24-20(26)19(27-17-6-1-2-7-17)18(14-22)25-10-8-23-9-11-25;1-2/h3-5,12,14,17,22-23H,1-2,6-11,13,21H2,(H,24,26);1-2H3/b19-18-,22-14?;. The lowest BCUT2D eigenvalue weighted by Crippen LogP contribution is -2.44. The van der Waals surface area contributed by atoms with Crippen molar-refractivity contribution in [2.45, 2.75) is 52.2 Å². The lowest BCUT2D eigenvalue weighted by Gasteiger charge is -2.31. The zero-order chi connectivity index (χ0) is 21.1. The topological polar surface area (TPSA) is 103 Å². The summed E-state index contributed by atoms with van der Waals surface area (Å²) in [5, 5.41) is 14.1. The number of allylic oxidation sites excluding steroid dienone is 1. The van der Waals surface area contributed by atoms with E-state index in [0.717, 1.165) is 57.4 Å². The molecule has 1 saturated carbocycles. The molecule has 5 N–H and O–H groups in total. The van der Waals surface area contributed by atoms with Crippen LogP contribution in [-0.2, 0) is 16.1 Å². The molecular weight excluding hydrogens is 366 g/mol. The second kappa shape index (κ2) is 12.2. The highest BCUT2D eigenvalue weighted by Crippen LogP contribution is 2.26. The summed E-state index contributed by atoms with van der Waals surface area (Å²) in [7, 11) is 0. The molecule has 1 aromatic rings. The Bertz CT molecular complexity index is 692. The molecule has 0 unspecified atom stereocenters. The van der Waals surface area contributed by atoms with Crippen LogP contribution in [0.2, 0.25) is 0 Å². The van der Waals surface area contributed by atoms with Crippen LogP contribution in [0, 0.1) is 5.41 Å². The van der Waals surface area contributed by atoms with Crippen LogP contribution in [-0.4, -0.2) is 49.3 Å². The Morgan fingerprint density at radius 3 is 2.62 bits per heavy atom. The number of carbonyl (C=O) groups excluding carboxylic acids is 1. The van der Waals surface area contributed by atoms with Gasteiger partial charge in [-0.3, -0.25) is 4.79 Å². The first kappa shape index (κ1) is 22.9. The minimum Gasteiger partial charge on any atom is -0.483 e. The third kappa shape index (κ3) is 6.58. The van der Waals surface area contributed by atoms with E-state index in [1.54, 1.807) is 0 Å². The van der Waals surface area contributed by atoms with E-state index in [9.17, 15) is 4.79 Å². The maximum absolute atomic E-state index is 13.1. The number of piperazine rings is 1. The number of carbonyl (C=O) groups is 1. The highest BCUT2D eigenvalue weighted by Gasteiger charge is 2.27. The summed E-state index contributed by atoms with van der Waals surface area (Å²) < 4.78 is 6.14. The van der Waals surface area contributed by atoms with Gasteiger partial charge >= 0.3 is 0 Å². The summed E-state index contributed by atoms with van der Waals surface area (Å²) in [6.07, 6.45) is 5.42. The SMILES string of the molecule is CC.N=C/C(=C(/OC1CCCC1)C(=O)Nc1cccc(CN)c1)N1CCNCC1. The maximum atomic E-state index is 13.1. The van der Waals surface area contributed by atoms with Gasteiger partial charge in [0.2, 0.25) is 5.76 Å². The van der Waals surface area contributed by atoms with Crippen molar-refractivity contribution in [2.24, 2.45) is 5.73 Å². The van der Waals surface area contributed by atoms with E-state index in [-0.39, 0.29) is 17.8 Å². The molecule has 1 saturated heterocycles. The van der Waals surface area contributed by atoms with E-state index in [0.29, 0.717) is 17.9 Å². The predicted octanol–water partition coefficient (Wildman–Crippen LogP) is 2.84.